The largest absolute Gasteiger partial charge is 0.279 e. The number of thiophene rings is 1. The van der Waals surface area contributed by atoms with Crippen molar-refractivity contribution >= 4 is 50.2 Å². The highest BCUT2D eigenvalue weighted by Gasteiger charge is 2.16. The first kappa shape index (κ1) is 13.7. The Balaban J connectivity index is 2.27. The van der Waals surface area contributed by atoms with Crippen LogP contribution in [0.15, 0.2) is 40.6 Å². The third kappa shape index (κ3) is 3.17. The molecule has 0 atom stereocenters. The molecule has 2 aromatic rings. The summed E-state index contributed by atoms with van der Waals surface area (Å²) >= 11 is 12.4. The van der Waals surface area contributed by atoms with Gasteiger partial charge in [0.2, 0.25) is 0 Å². The van der Waals surface area contributed by atoms with E-state index in [4.69, 9.17) is 23.2 Å². The highest BCUT2D eigenvalue weighted by molar-refractivity contribution is 7.94. The lowest BCUT2D eigenvalue weighted by Gasteiger charge is -2.07. The van der Waals surface area contributed by atoms with E-state index < -0.39 is 10.0 Å². The molecule has 1 aromatic carbocycles. The van der Waals surface area contributed by atoms with Gasteiger partial charge in [-0.2, -0.15) is 0 Å². The smallest absolute Gasteiger partial charge is 0.271 e. The van der Waals surface area contributed by atoms with Gasteiger partial charge in [0.1, 0.15) is 4.21 Å². The maximum Gasteiger partial charge on any atom is 0.271 e. The fourth-order valence-electron chi connectivity index (χ4n) is 1.37. The molecule has 7 heteroatoms. The van der Waals surface area contributed by atoms with Gasteiger partial charge in [0.25, 0.3) is 10.0 Å². The van der Waals surface area contributed by atoms with E-state index in [1.54, 1.807) is 24.3 Å². The summed E-state index contributed by atoms with van der Waals surface area (Å²) in [6.45, 7) is 0. The topological polar surface area (TPSA) is 46.2 Å². The lowest BCUT2D eigenvalue weighted by atomic mass is 10.2. The summed E-state index contributed by atoms with van der Waals surface area (Å²) in [7, 11) is -3.58. The van der Waals surface area contributed by atoms with E-state index in [2.05, 4.69) is 4.72 Å². The van der Waals surface area contributed by atoms with Crippen molar-refractivity contribution in [2.75, 3.05) is 4.72 Å². The molecule has 0 fully saturated rings. The van der Waals surface area contributed by atoms with Crippen molar-refractivity contribution < 1.29 is 8.42 Å². The van der Waals surface area contributed by atoms with Gasteiger partial charge >= 0.3 is 0 Å². The second kappa shape index (κ2) is 5.48. The molecule has 0 radical (unpaired) electrons. The van der Waals surface area contributed by atoms with E-state index in [0.29, 0.717) is 15.9 Å². The molecule has 2 rings (SSSR count). The Hall–Kier alpha value is -0.750. The van der Waals surface area contributed by atoms with Gasteiger partial charge in [-0.3, -0.25) is 4.72 Å². The first-order chi connectivity index (χ1) is 8.51. The van der Waals surface area contributed by atoms with Gasteiger partial charge in [-0.15, -0.1) is 22.9 Å². The summed E-state index contributed by atoms with van der Waals surface area (Å²) < 4.78 is 27.2. The molecule has 0 unspecified atom stereocenters. The standard InChI is InChI=1S/C11H9Cl2NO2S2/c12-7-8-2-1-3-9(6-8)14-18(15,16)11-5-4-10(13)17-11/h1-6,14H,7H2. The Morgan fingerprint density at radius 2 is 2.00 bits per heavy atom. The molecular formula is C11H9Cl2NO2S2. The maximum absolute atomic E-state index is 12.0. The minimum Gasteiger partial charge on any atom is -0.279 e. The Morgan fingerprint density at radius 1 is 1.22 bits per heavy atom. The lowest BCUT2D eigenvalue weighted by molar-refractivity contribution is 0.603. The summed E-state index contributed by atoms with van der Waals surface area (Å²) in [5.41, 5.74) is 1.33. The van der Waals surface area contributed by atoms with E-state index in [9.17, 15) is 8.42 Å². The zero-order chi connectivity index (χ0) is 13.2. The third-order valence-electron chi connectivity index (χ3n) is 2.15. The molecular weight excluding hydrogens is 313 g/mol. The number of benzene rings is 1. The highest BCUT2D eigenvalue weighted by atomic mass is 35.5. The summed E-state index contributed by atoms with van der Waals surface area (Å²) in [5.74, 6) is 0.334. The van der Waals surface area contributed by atoms with Crippen molar-refractivity contribution in [2.45, 2.75) is 10.1 Å². The van der Waals surface area contributed by atoms with Gasteiger partial charge in [-0.25, -0.2) is 8.42 Å². The Labute approximate surface area is 119 Å². The van der Waals surface area contributed by atoms with Crippen LogP contribution >= 0.6 is 34.5 Å². The number of alkyl halides is 1. The van der Waals surface area contributed by atoms with E-state index >= 15 is 0 Å². The minimum absolute atomic E-state index is 0.184. The molecule has 0 saturated carbocycles. The van der Waals surface area contributed by atoms with Crippen LogP contribution in [0.25, 0.3) is 0 Å². The zero-order valence-corrected chi connectivity index (χ0v) is 12.2. The van der Waals surface area contributed by atoms with Crippen LogP contribution in [-0.2, 0) is 15.9 Å². The average molecular weight is 322 g/mol. The second-order valence-corrected chi connectivity index (χ2v) is 7.39. The normalized spacial score (nSPS) is 11.4. The van der Waals surface area contributed by atoms with Crippen LogP contribution in [0, 0.1) is 0 Å². The van der Waals surface area contributed by atoms with Gasteiger partial charge in [-0.05, 0) is 29.8 Å². The first-order valence-electron chi connectivity index (χ1n) is 4.94. The van der Waals surface area contributed by atoms with E-state index in [0.717, 1.165) is 16.9 Å². The number of sulfonamides is 1. The average Bonchev–Trinajstić information content (AvgIpc) is 2.76. The van der Waals surface area contributed by atoms with Crippen LogP contribution in [0.1, 0.15) is 5.56 Å². The molecule has 1 N–H and O–H groups in total. The van der Waals surface area contributed by atoms with Crippen molar-refractivity contribution in [1.82, 2.24) is 0 Å². The number of anilines is 1. The van der Waals surface area contributed by atoms with Crippen LogP contribution in [-0.4, -0.2) is 8.42 Å². The molecule has 96 valence electrons. The molecule has 1 heterocycles. The highest BCUT2D eigenvalue weighted by Crippen LogP contribution is 2.27. The fourth-order valence-corrected chi connectivity index (χ4v) is 4.06. The number of hydrogen-bond acceptors (Lipinski definition) is 3. The Bertz CT molecular complexity index is 653. The Morgan fingerprint density at radius 3 is 2.61 bits per heavy atom. The fraction of sp³-hybridized carbons (Fsp3) is 0.0909. The second-order valence-electron chi connectivity index (χ2n) is 3.50. The van der Waals surface area contributed by atoms with E-state index in [-0.39, 0.29) is 4.21 Å². The SMILES string of the molecule is O=S(=O)(Nc1cccc(CCl)c1)c1ccc(Cl)s1. The molecule has 0 bridgehead atoms. The molecule has 0 spiro atoms. The molecule has 0 aliphatic rings. The molecule has 0 saturated heterocycles. The quantitative estimate of drug-likeness (QED) is 0.867. The van der Waals surface area contributed by atoms with Gasteiger partial charge in [0.05, 0.1) is 4.34 Å². The van der Waals surface area contributed by atoms with E-state index in [1.807, 2.05) is 6.07 Å². The van der Waals surface area contributed by atoms with Crippen molar-refractivity contribution in [1.29, 1.82) is 0 Å². The maximum atomic E-state index is 12.0. The molecule has 0 amide bonds. The summed E-state index contributed by atoms with van der Waals surface area (Å²) in [4.78, 5) is 0. The van der Waals surface area contributed by atoms with Crippen LogP contribution in [0.2, 0.25) is 4.34 Å². The predicted molar refractivity (Wildman–Crippen MR) is 76.1 cm³/mol. The first-order valence-corrected chi connectivity index (χ1v) is 8.15. The third-order valence-corrected chi connectivity index (χ3v) is 5.56. The number of hydrogen-bond donors (Lipinski definition) is 1. The van der Waals surface area contributed by atoms with Gasteiger partial charge in [-0.1, -0.05) is 23.7 Å². The minimum atomic E-state index is -3.58. The lowest BCUT2D eigenvalue weighted by Crippen LogP contribution is -2.11. The van der Waals surface area contributed by atoms with Crippen molar-refractivity contribution in [3.05, 3.63) is 46.3 Å². The van der Waals surface area contributed by atoms with E-state index in [1.165, 1.54) is 6.07 Å². The van der Waals surface area contributed by atoms with Crippen LogP contribution in [0.4, 0.5) is 5.69 Å². The molecule has 0 aliphatic heterocycles. The summed E-state index contributed by atoms with van der Waals surface area (Å²) in [6.07, 6.45) is 0. The summed E-state index contributed by atoms with van der Waals surface area (Å²) in [6, 6.07) is 9.96. The molecule has 1 aromatic heterocycles. The molecule has 0 aliphatic carbocycles. The predicted octanol–water partition coefficient (Wildman–Crippen LogP) is 3.94. The number of halogens is 2. The van der Waals surface area contributed by atoms with Crippen LogP contribution in [0.3, 0.4) is 0 Å². The van der Waals surface area contributed by atoms with Crippen LogP contribution < -0.4 is 4.72 Å². The van der Waals surface area contributed by atoms with Crippen molar-refractivity contribution in [3.63, 3.8) is 0 Å². The van der Waals surface area contributed by atoms with Crippen molar-refractivity contribution in [2.24, 2.45) is 0 Å². The summed E-state index contributed by atoms with van der Waals surface area (Å²) in [5, 5.41) is 0. The van der Waals surface area contributed by atoms with Crippen LogP contribution in [0.5, 0.6) is 0 Å². The molecule has 18 heavy (non-hydrogen) atoms. The van der Waals surface area contributed by atoms with Gasteiger partial charge in [0, 0.05) is 11.6 Å². The zero-order valence-electron chi connectivity index (χ0n) is 9.06. The monoisotopic (exact) mass is 321 g/mol. The van der Waals surface area contributed by atoms with Gasteiger partial charge < -0.3 is 0 Å². The number of nitrogens with one attached hydrogen (secondary N) is 1. The number of rotatable bonds is 4. The van der Waals surface area contributed by atoms with Crippen molar-refractivity contribution in [3.8, 4) is 0 Å². The molecule has 3 nitrogen and oxygen atoms in total. The Kier molecular flexibility index (Phi) is 4.17. The van der Waals surface area contributed by atoms with Gasteiger partial charge in [0.15, 0.2) is 0 Å².